The molecule has 1 atom stereocenters. The number of benzene rings is 2. The van der Waals surface area contributed by atoms with Gasteiger partial charge in [-0.05, 0) is 30.5 Å². The number of amidine groups is 2. The summed E-state index contributed by atoms with van der Waals surface area (Å²) in [4.78, 5) is 46.7. The highest BCUT2D eigenvalue weighted by molar-refractivity contribution is 8.13. The highest BCUT2D eigenvalue weighted by Gasteiger charge is 2.41. The van der Waals surface area contributed by atoms with E-state index < -0.39 is 11.0 Å². The van der Waals surface area contributed by atoms with Crippen molar-refractivity contribution in [2.24, 2.45) is 9.98 Å². The molecule has 0 saturated heterocycles. The standard InChI is InChI=1S/C24H25N5O4S/c1-2-3-13-25-21(30)12-11-20-23(31)27-22-18-9-4-5-10-19(18)26-24(28(20)22)34-15-16-7-6-8-17(14-16)29(32)33/h4-10,14,20H,2-3,11-13,15H2,1H3,(H,25,30). The minimum Gasteiger partial charge on any atom is -0.356 e. The van der Waals surface area contributed by atoms with Crippen LogP contribution in [0.15, 0.2) is 58.5 Å². The summed E-state index contributed by atoms with van der Waals surface area (Å²) in [5, 5.41) is 14.6. The van der Waals surface area contributed by atoms with Gasteiger partial charge in [-0.15, -0.1) is 0 Å². The number of amides is 2. The molecule has 2 aliphatic heterocycles. The molecule has 10 heteroatoms. The van der Waals surface area contributed by atoms with Crippen LogP contribution in [0.4, 0.5) is 11.4 Å². The lowest BCUT2D eigenvalue weighted by Gasteiger charge is -2.31. The maximum atomic E-state index is 12.9. The molecule has 0 aliphatic carbocycles. The summed E-state index contributed by atoms with van der Waals surface area (Å²) < 4.78 is 0. The van der Waals surface area contributed by atoms with Crippen molar-refractivity contribution < 1.29 is 14.5 Å². The maximum Gasteiger partial charge on any atom is 0.270 e. The van der Waals surface area contributed by atoms with Crippen LogP contribution >= 0.6 is 11.8 Å². The zero-order valence-corrected chi connectivity index (χ0v) is 19.6. The largest absolute Gasteiger partial charge is 0.356 e. The summed E-state index contributed by atoms with van der Waals surface area (Å²) >= 11 is 1.39. The van der Waals surface area contributed by atoms with Gasteiger partial charge in [-0.3, -0.25) is 24.6 Å². The van der Waals surface area contributed by atoms with E-state index in [2.05, 4.69) is 17.2 Å². The summed E-state index contributed by atoms with van der Waals surface area (Å²) in [6.07, 6.45) is 2.44. The molecule has 0 radical (unpaired) electrons. The van der Waals surface area contributed by atoms with E-state index in [-0.39, 0.29) is 23.9 Å². The smallest absolute Gasteiger partial charge is 0.270 e. The second-order valence-corrected chi connectivity index (χ2v) is 8.97. The first-order valence-corrected chi connectivity index (χ1v) is 12.2. The molecule has 1 N–H and O–H groups in total. The number of nitro groups is 1. The SMILES string of the molecule is CCCCNC(=O)CCC1C(=O)N=C2c3ccccc3N=C(SCc3cccc([N+](=O)[O-])c3)N21. The van der Waals surface area contributed by atoms with Crippen LogP contribution in [0.3, 0.4) is 0 Å². The summed E-state index contributed by atoms with van der Waals surface area (Å²) in [5.74, 6) is 0.588. The third kappa shape index (κ3) is 5.17. The summed E-state index contributed by atoms with van der Waals surface area (Å²) in [6, 6.07) is 13.3. The number of nitrogens with zero attached hydrogens (tertiary/aromatic N) is 4. The number of unbranched alkanes of at least 4 members (excludes halogenated alkanes) is 1. The van der Waals surface area contributed by atoms with E-state index in [1.54, 1.807) is 6.07 Å². The van der Waals surface area contributed by atoms with Crippen LogP contribution in [0.5, 0.6) is 0 Å². The van der Waals surface area contributed by atoms with Crippen molar-refractivity contribution in [3.05, 3.63) is 69.8 Å². The van der Waals surface area contributed by atoms with E-state index in [9.17, 15) is 19.7 Å². The number of non-ortho nitro benzene ring substituents is 1. The molecule has 2 aliphatic rings. The van der Waals surface area contributed by atoms with Crippen LogP contribution in [0, 0.1) is 10.1 Å². The van der Waals surface area contributed by atoms with Crippen molar-refractivity contribution in [2.45, 2.75) is 44.4 Å². The average Bonchev–Trinajstić information content (AvgIpc) is 3.18. The van der Waals surface area contributed by atoms with E-state index in [0.29, 0.717) is 35.4 Å². The lowest BCUT2D eigenvalue weighted by Crippen LogP contribution is -2.44. The Kier molecular flexibility index (Phi) is 7.36. The molecule has 2 aromatic rings. The number of rotatable bonds is 9. The van der Waals surface area contributed by atoms with Crippen molar-refractivity contribution in [1.29, 1.82) is 0 Å². The van der Waals surface area contributed by atoms with Crippen molar-refractivity contribution in [3.63, 3.8) is 0 Å². The molecular formula is C24H25N5O4S. The molecule has 34 heavy (non-hydrogen) atoms. The molecular weight excluding hydrogens is 454 g/mol. The monoisotopic (exact) mass is 479 g/mol. The van der Waals surface area contributed by atoms with Gasteiger partial charge in [-0.1, -0.05) is 49.4 Å². The fraction of sp³-hybridized carbons (Fsp3) is 0.333. The van der Waals surface area contributed by atoms with Gasteiger partial charge in [-0.2, -0.15) is 4.99 Å². The van der Waals surface area contributed by atoms with Crippen LogP contribution in [-0.2, 0) is 15.3 Å². The molecule has 4 rings (SSSR count). The third-order valence-corrected chi connectivity index (χ3v) is 6.62. The number of nitro benzene ring substituents is 1. The molecule has 0 bridgehead atoms. The molecule has 0 fully saturated rings. The first kappa shape index (κ1) is 23.6. The van der Waals surface area contributed by atoms with E-state index >= 15 is 0 Å². The lowest BCUT2D eigenvalue weighted by atomic mass is 10.1. The number of carbonyl (C=O) groups excluding carboxylic acids is 2. The zero-order valence-electron chi connectivity index (χ0n) is 18.8. The van der Waals surface area contributed by atoms with Crippen LogP contribution < -0.4 is 5.32 Å². The van der Waals surface area contributed by atoms with Crippen molar-refractivity contribution in [3.8, 4) is 0 Å². The first-order valence-electron chi connectivity index (χ1n) is 11.2. The van der Waals surface area contributed by atoms with Crippen LogP contribution in [0.1, 0.15) is 43.7 Å². The van der Waals surface area contributed by atoms with Crippen LogP contribution in [-0.4, -0.2) is 45.2 Å². The van der Waals surface area contributed by atoms with Gasteiger partial charge in [-0.25, -0.2) is 4.99 Å². The topological polar surface area (TPSA) is 117 Å². The number of hydrogen-bond acceptors (Lipinski definition) is 7. The van der Waals surface area contributed by atoms with Gasteiger partial charge in [0.05, 0.1) is 10.6 Å². The Morgan fingerprint density at radius 3 is 2.82 bits per heavy atom. The Labute approximate surface area is 201 Å². The van der Waals surface area contributed by atoms with Crippen LogP contribution in [0.25, 0.3) is 0 Å². The quantitative estimate of drug-likeness (QED) is 0.327. The van der Waals surface area contributed by atoms with E-state index in [4.69, 9.17) is 4.99 Å². The number of aliphatic imine (C=N–C) groups is 2. The highest BCUT2D eigenvalue weighted by Crippen LogP contribution is 2.36. The first-order chi connectivity index (χ1) is 16.5. The minimum atomic E-state index is -0.614. The van der Waals surface area contributed by atoms with Gasteiger partial charge in [0.25, 0.3) is 11.6 Å². The maximum absolute atomic E-state index is 12.9. The molecule has 9 nitrogen and oxygen atoms in total. The summed E-state index contributed by atoms with van der Waals surface area (Å²) in [7, 11) is 0. The van der Waals surface area contributed by atoms with Crippen LogP contribution in [0.2, 0.25) is 0 Å². The summed E-state index contributed by atoms with van der Waals surface area (Å²) in [6.45, 7) is 2.68. The molecule has 176 valence electrons. The van der Waals surface area contributed by atoms with Gasteiger partial charge >= 0.3 is 0 Å². The number of nitrogens with one attached hydrogen (secondary N) is 1. The predicted molar refractivity (Wildman–Crippen MR) is 132 cm³/mol. The Morgan fingerprint density at radius 2 is 2.03 bits per heavy atom. The number of para-hydroxylation sites is 1. The Balaban J connectivity index is 1.54. The Bertz CT molecular complexity index is 1180. The molecule has 1 unspecified atom stereocenters. The van der Waals surface area contributed by atoms with E-state index in [0.717, 1.165) is 24.0 Å². The van der Waals surface area contributed by atoms with Crippen molar-refractivity contribution in [1.82, 2.24) is 10.2 Å². The number of thioether (sulfide) groups is 1. The van der Waals surface area contributed by atoms with Gasteiger partial charge in [0.15, 0.2) is 5.17 Å². The third-order valence-electron chi connectivity index (χ3n) is 5.59. The van der Waals surface area contributed by atoms with Gasteiger partial charge in [0.2, 0.25) is 5.91 Å². The minimum absolute atomic E-state index is 0.0274. The fourth-order valence-electron chi connectivity index (χ4n) is 3.84. The highest BCUT2D eigenvalue weighted by atomic mass is 32.2. The average molecular weight is 480 g/mol. The summed E-state index contributed by atoms with van der Waals surface area (Å²) in [5.41, 5.74) is 2.28. The van der Waals surface area contributed by atoms with Crippen molar-refractivity contribution >= 4 is 46.0 Å². The van der Waals surface area contributed by atoms with E-state index in [1.807, 2.05) is 35.2 Å². The molecule has 0 spiro atoms. The molecule has 2 aromatic carbocycles. The second kappa shape index (κ2) is 10.6. The van der Waals surface area contributed by atoms with Gasteiger partial charge in [0.1, 0.15) is 11.9 Å². The van der Waals surface area contributed by atoms with E-state index in [1.165, 1.54) is 23.9 Å². The predicted octanol–water partition coefficient (Wildman–Crippen LogP) is 4.18. The number of fused-ring (bicyclic) bond motifs is 3. The molecule has 0 aromatic heterocycles. The Morgan fingerprint density at radius 1 is 1.21 bits per heavy atom. The zero-order chi connectivity index (χ0) is 24.1. The lowest BCUT2D eigenvalue weighted by molar-refractivity contribution is -0.384. The number of hydrogen-bond donors (Lipinski definition) is 1. The van der Waals surface area contributed by atoms with Crippen molar-refractivity contribution in [2.75, 3.05) is 6.54 Å². The number of carbonyl (C=O) groups is 2. The van der Waals surface area contributed by atoms with Gasteiger partial charge < -0.3 is 5.32 Å². The Hall–Kier alpha value is -3.53. The fourth-order valence-corrected chi connectivity index (χ4v) is 4.84. The van der Waals surface area contributed by atoms with Gasteiger partial charge in [0, 0.05) is 36.4 Å². The molecule has 2 amide bonds. The molecule has 0 saturated carbocycles. The molecule has 2 heterocycles. The second-order valence-electron chi connectivity index (χ2n) is 8.03. The normalized spacial score (nSPS) is 16.4.